The fourth-order valence-electron chi connectivity index (χ4n) is 1.37. The molecule has 1 unspecified atom stereocenters. The van der Waals surface area contributed by atoms with Gasteiger partial charge in [0.1, 0.15) is 0 Å². The van der Waals surface area contributed by atoms with Crippen molar-refractivity contribution >= 4 is 6.08 Å². The van der Waals surface area contributed by atoms with Gasteiger partial charge in [0, 0.05) is 24.5 Å². The molecule has 1 aromatic heterocycles. The molecular weight excluding hydrogens is 172 g/mol. The molecule has 78 valence electrons. The largest absolute Gasteiger partial charge is 0.348 e. The minimum absolute atomic E-state index is 0.139. The molecule has 1 rings (SSSR count). The second-order valence-electron chi connectivity index (χ2n) is 3.80. The summed E-state index contributed by atoms with van der Waals surface area (Å²) in [5.74, 6) is 0. The van der Waals surface area contributed by atoms with Crippen LogP contribution in [-0.2, 0) is 6.54 Å². The summed E-state index contributed by atoms with van der Waals surface area (Å²) >= 11 is 0. The van der Waals surface area contributed by atoms with Gasteiger partial charge in [-0.3, -0.25) is 0 Å². The van der Waals surface area contributed by atoms with E-state index in [1.807, 2.05) is 6.92 Å². The van der Waals surface area contributed by atoms with Crippen LogP contribution in [-0.4, -0.2) is 10.6 Å². The number of hydrogen-bond donors (Lipinski definition) is 1. The number of nitrogens with two attached hydrogens (primary N) is 1. The van der Waals surface area contributed by atoms with E-state index >= 15 is 0 Å². The fourth-order valence-corrected chi connectivity index (χ4v) is 1.37. The van der Waals surface area contributed by atoms with Gasteiger partial charge in [0.15, 0.2) is 0 Å². The molecular formula is C12H20N2. The minimum atomic E-state index is 0.139. The fraction of sp³-hybridized carbons (Fsp3) is 0.500. The third-order valence-corrected chi connectivity index (χ3v) is 2.42. The molecule has 0 aliphatic heterocycles. The predicted molar refractivity (Wildman–Crippen MR) is 62.0 cm³/mol. The first kappa shape index (κ1) is 11.1. The summed E-state index contributed by atoms with van der Waals surface area (Å²) in [6, 6.07) is 4.34. The highest BCUT2D eigenvalue weighted by molar-refractivity contribution is 5.50. The molecule has 0 amide bonds. The lowest BCUT2D eigenvalue weighted by Crippen LogP contribution is -2.16. The topological polar surface area (TPSA) is 30.9 Å². The molecule has 1 heterocycles. The molecule has 0 spiro atoms. The smallest absolute Gasteiger partial charge is 0.0406 e. The van der Waals surface area contributed by atoms with E-state index in [0.29, 0.717) is 0 Å². The maximum Gasteiger partial charge on any atom is 0.0406 e. The van der Waals surface area contributed by atoms with Crippen LogP contribution in [0.4, 0.5) is 0 Å². The molecule has 1 aromatic rings. The predicted octanol–water partition coefficient (Wildman–Crippen LogP) is 2.65. The summed E-state index contributed by atoms with van der Waals surface area (Å²) in [5.41, 5.74) is 8.27. The molecule has 0 fully saturated rings. The van der Waals surface area contributed by atoms with Gasteiger partial charge in [0.05, 0.1) is 0 Å². The monoisotopic (exact) mass is 192 g/mol. The van der Waals surface area contributed by atoms with Crippen LogP contribution < -0.4 is 5.73 Å². The second kappa shape index (κ2) is 5.01. The third-order valence-electron chi connectivity index (χ3n) is 2.42. The quantitative estimate of drug-likeness (QED) is 0.781. The first-order valence-corrected chi connectivity index (χ1v) is 5.24. The Morgan fingerprint density at radius 2 is 2.36 bits per heavy atom. The average molecular weight is 192 g/mol. The maximum atomic E-state index is 5.80. The van der Waals surface area contributed by atoms with Crippen LogP contribution in [0.1, 0.15) is 32.9 Å². The van der Waals surface area contributed by atoms with Crippen LogP contribution in [0.3, 0.4) is 0 Å². The van der Waals surface area contributed by atoms with Crippen molar-refractivity contribution in [2.75, 3.05) is 0 Å². The zero-order chi connectivity index (χ0) is 10.6. The third kappa shape index (κ3) is 2.74. The summed E-state index contributed by atoms with van der Waals surface area (Å²) in [5, 5.41) is 0. The molecule has 2 heteroatoms. The van der Waals surface area contributed by atoms with Gasteiger partial charge in [-0.2, -0.15) is 0 Å². The van der Waals surface area contributed by atoms with Gasteiger partial charge in [0.2, 0.25) is 0 Å². The first-order chi connectivity index (χ1) is 6.65. The number of hydrogen-bond acceptors (Lipinski definition) is 1. The molecule has 0 saturated carbocycles. The Hall–Kier alpha value is -1.02. The van der Waals surface area contributed by atoms with Crippen LogP contribution in [0.5, 0.6) is 0 Å². The van der Waals surface area contributed by atoms with Crippen molar-refractivity contribution in [2.24, 2.45) is 5.73 Å². The number of aryl methyl sites for hydroxylation is 1. The van der Waals surface area contributed by atoms with Crippen molar-refractivity contribution in [1.82, 2.24) is 4.57 Å². The van der Waals surface area contributed by atoms with Crippen LogP contribution >= 0.6 is 0 Å². The Kier molecular flexibility index (Phi) is 3.96. The van der Waals surface area contributed by atoms with E-state index in [1.54, 1.807) is 0 Å². The molecule has 0 bridgehead atoms. The lowest BCUT2D eigenvalue weighted by atomic mass is 10.1. The van der Waals surface area contributed by atoms with Gasteiger partial charge in [-0.05, 0) is 38.5 Å². The highest BCUT2D eigenvalue weighted by atomic mass is 15.0. The Morgan fingerprint density at radius 1 is 1.64 bits per heavy atom. The van der Waals surface area contributed by atoms with E-state index in [9.17, 15) is 0 Å². The van der Waals surface area contributed by atoms with E-state index in [1.165, 1.54) is 11.3 Å². The first-order valence-electron chi connectivity index (χ1n) is 5.24. The number of rotatable bonds is 4. The van der Waals surface area contributed by atoms with E-state index in [4.69, 9.17) is 5.73 Å². The summed E-state index contributed by atoms with van der Waals surface area (Å²) in [7, 11) is 0. The van der Waals surface area contributed by atoms with Crippen LogP contribution in [0.2, 0.25) is 0 Å². The normalized spacial score (nSPS) is 14.4. The van der Waals surface area contributed by atoms with Crippen LogP contribution in [0.25, 0.3) is 6.08 Å². The average Bonchev–Trinajstić information content (AvgIpc) is 2.53. The zero-order valence-corrected chi connectivity index (χ0v) is 9.33. The van der Waals surface area contributed by atoms with E-state index in [-0.39, 0.29) is 6.04 Å². The minimum Gasteiger partial charge on any atom is -0.348 e. The Labute approximate surface area is 86.4 Å². The Balaban J connectivity index is 2.85. The lowest BCUT2D eigenvalue weighted by Gasteiger charge is -2.08. The molecule has 0 aliphatic carbocycles. The van der Waals surface area contributed by atoms with Gasteiger partial charge in [-0.1, -0.05) is 12.5 Å². The van der Waals surface area contributed by atoms with E-state index < -0.39 is 0 Å². The van der Waals surface area contributed by atoms with Crippen LogP contribution in [0.15, 0.2) is 23.9 Å². The lowest BCUT2D eigenvalue weighted by molar-refractivity contribution is 0.677. The van der Waals surface area contributed by atoms with Gasteiger partial charge in [-0.25, -0.2) is 0 Å². The van der Waals surface area contributed by atoms with Crippen molar-refractivity contribution in [3.8, 4) is 0 Å². The molecule has 0 saturated heterocycles. The molecule has 0 aromatic carbocycles. The molecule has 14 heavy (non-hydrogen) atoms. The summed E-state index contributed by atoms with van der Waals surface area (Å²) in [6.45, 7) is 7.35. The molecule has 0 aliphatic rings. The van der Waals surface area contributed by atoms with Crippen molar-refractivity contribution in [2.45, 2.75) is 39.8 Å². The Bertz CT molecular complexity index is 308. The standard InChI is InChI=1S/C12H20N2/c1-4-7-14-8-5-6-12(14)9-10(2)11(3)13/h5-6,8-9,11H,4,7,13H2,1-3H3/b10-9-. The molecule has 1 atom stereocenters. The second-order valence-corrected chi connectivity index (χ2v) is 3.80. The van der Waals surface area contributed by atoms with Gasteiger partial charge in [0.25, 0.3) is 0 Å². The zero-order valence-electron chi connectivity index (χ0n) is 9.33. The molecule has 2 N–H and O–H groups in total. The summed E-state index contributed by atoms with van der Waals surface area (Å²) in [4.78, 5) is 0. The van der Waals surface area contributed by atoms with Crippen molar-refractivity contribution < 1.29 is 0 Å². The maximum absolute atomic E-state index is 5.80. The number of nitrogens with zero attached hydrogens (tertiary/aromatic N) is 1. The Morgan fingerprint density at radius 3 is 2.93 bits per heavy atom. The molecule has 0 radical (unpaired) electrons. The van der Waals surface area contributed by atoms with Gasteiger partial charge >= 0.3 is 0 Å². The summed E-state index contributed by atoms with van der Waals surface area (Å²) < 4.78 is 2.26. The van der Waals surface area contributed by atoms with Crippen molar-refractivity contribution in [1.29, 1.82) is 0 Å². The SMILES string of the molecule is CCCn1cccc1/C=C(/C)C(C)N. The van der Waals surface area contributed by atoms with Gasteiger partial charge in [-0.15, -0.1) is 0 Å². The highest BCUT2D eigenvalue weighted by Crippen LogP contribution is 2.10. The van der Waals surface area contributed by atoms with Crippen LogP contribution in [0, 0.1) is 0 Å². The van der Waals surface area contributed by atoms with Gasteiger partial charge < -0.3 is 10.3 Å². The van der Waals surface area contributed by atoms with Crippen molar-refractivity contribution in [3.63, 3.8) is 0 Å². The highest BCUT2D eigenvalue weighted by Gasteiger charge is 2.00. The van der Waals surface area contributed by atoms with E-state index in [2.05, 4.69) is 42.8 Å². The summed E-state index contributed by atoms with van der Waals surface area (Å²) in [6.07, 6.45) is 5.44. The van der Waals surface area contributed by atoms with E-state index in [0.717, 1.165) is 13.0 Å². The molecule has 2 nitrogen and oxygen atoms in total. The van der Waals surface area contributed by atoms with Crippen molar-refractivity contribution in [3.05, 3.63) is 29.6 Å². The number of aromatic nitrogens is 1.